The first-order valence-electron chi connectivity index (χ1n) is 7.49. The SMILES string of the molecule is O=C(NC1CC2CNC1C2)c1ccc(Oc2ncco2)cc1. The highest BCUT2D eigenvalue weighted by atomic mass is 16.6. The van der Waals surface area contributed by atoms with Gasteiger partial charge in [-0.15, -0.1) is 0 Å². The van der Waals surface area contributed by atoms with Crippen molar-refractivity contribution in [1.82, 2.24) is 15.6 Å². The topological polar surface area (TPSA) is 76.4 Å². The summed E-state index contributed by atoms with van der Waals surface area (Å²) in [5.41, 5.74) is 0.627. The quantitative estimate of drug-likeness (QED) is 0.902. The number of ether oxygens (including phenoxy) is 1. The van der Waals surface area contributed by atoms with E-state index in [-0.39, 0.29) is 18.0 Å². The Balaban J connectivity index is 1.38. The molecule has 2 N–H and O–H groups in total. The van der Waals surface area contributed by atoms with E-state index in [4.69, 9.17) is 9.15 Å². The summed E-state index contributed by atoms with van der Waals surface area (Å²) in [5, 5.41) is 6.56. The monoisotopic (exact) mass is 299 g/mol. The van der Waals surface area contributed by atoms with Crippen molar-refractivity contribution in [2.24, 2.45) is 5.92 Å². The molecule has 1 aliphatic carbocycles. The van der Waals surface area contributed by atoms with E-state index in [1.807, 2.05) is 0 Å². The zero-order valence-corrected chi connectivity index (χ0v) is 12.0. The number of aromatic nitrogens is 1. The lowest BCUT2D eigenvalue weighted by Crippen LogP contribution is -2.47. The van der Waals surface area contributed by atoms with Gasteiger partial charge in [0.05, 0.1) is 6.20 Å². The summed E-state index contributed by atoms with van der Waals surface area (Å²) in [6.07, 6.45) is 5.40. The number of nitrogens with zero attached hydrogens (tertiary/aromatic N) is 1. The Kier molecular flexibility index (Phi) is 3.31. The van der Waals surface area contributed by atoms with Crippen LogP contribution in [0.25, 0.3) is 0 Å². The summed E-state index contributed by atoms with van der Waals surface area (Å²) >= 11 is 0. The van der Waals surface area contributed by atoms with Crippen LogP contribution >= 0.6 is 0 Å². The lowest BCUT2D eigenvalue weighted by Gasteiger charge is -2.24. The predicted octanol–water partition coefficient (Wildman–Crippen LogP) is 1.95. The number of fused-ring (bicyclic) bond motifs is 2. The van der Waals surface area contributed by atoms with E-state index in [9.17, 15) is 4.79 Å². The molecule has 0 radical (unpaired) electrons. The Bertz CT molecular complexity index is 654. The van der Waals surface area contributed by atoms with Gasteiger partial charge in [0.1, 0.15) is 12.0 Å². The Labute approximate surface area is 127 Å². The smallest absolute Gasteiger partial charge is 0.399 e. The van der Waals surface area contributed by atoms with Crippen LogP contribution in [-0.4, -0.2) is 29.5 Å². The number of amides is 1. The highest BCUT2D eigenvalue weighted by molar-refractivity contribution is 5.94. The largest absolute Gasteiger partial charge is 0.417 e. The van der Waals surface area contributed by atoms with Crippen molar-refractivity contribution in [1.29, 1.82) is 0 Å². The summed E-state index contributed by atoms with van der Waals surface area (Å²) in [4.78, 5) is 16.2. The molecule has 4 rings (SSSR count). The second kappa shape index (κ2) is 5.46. The molecule has 0 spiro atoms. The number of rotatable bonds is 4. The first-order chi connectivity index (χ1) is 10.8. The Morgan fingerprint density at radius 1 is 1.32 bits per heavy atom. The second-order valence-corrected chi connectivity index (χ2v) is 5.86. The minimum Gasteiger partial charge on any atom is -0.417 e. The minimum absolute atomic E-state index is 0.0398. The van der Waals surface area contributed by atoms with Gasteiger partial charge in [-0.05, 0) is 49.6 Å². The average molecular weight is 299 g/mol. The maximum Gasteiger partial charge on any atom is 0.399 e. The van der Waals surface area contributed by atoms with Crippen molar-refractivity contribution in [3.05, 3.63) is 42.3 Å². The molecule has 1 saturated heterocycles. The molecule has 1 amide bonds. The van der Waals surface area contributed by atoms with Crippen molar-refractivity contribution in [2.45, 2.75) is 24.9 Å². The molecule has 1 aromatic heterocycles. The molecule has 1 aliphatic heterocycles. The first-order valence-corrected chi connectivity index (χ1v) is 7.49. The van der Waals surface area contributed by atoms with Crippen LogP contribution in [0, 0.1) is 5.92 Å². The van der Waals surface area contributed by atoms with E-state index in [0.717, 1.165) is 13.0 Å². The van der Waals surface area contributed by atoms with Gasteiger partial charge >= 0.3 is 6.08 Å². The zero-order chi connectivity index (χ0) is 14.9. The number of piperidine rings is 1. The number of hydrogen-bond donors (Lipinski definition) is 2. The molecule has 1 aromatic carbocycles. The molecule has 2 aliphatic rings. The summed E-state index contributed by atoms with van der Waals surface area (Å²) in [6.45, 7) is 1.09. The molecule has 3 atom stereocenters. The summed E-state index contributed by atoms with van der Waals surface area (Å²) < 4.78 is 10.4. The molecule has 114 valence electrons. The van der Waals surface area contributed by atoms with Crippen LogP contribution in [0.4, 0.5) is 0 Å². The van der Waals surface area contributed by atoms with Crippen LogP contribution in [-0.2, 0) is 0 Å². The molecular formula is C16H17N3O3. The lowest BCUT2D eigenvalue weighted by atomic mass is 10.1. The number of carbonyl (C=O) groups is 1. The van der Waals surface area contributed by atoms with Crippen LogP contribution in [0.3, 0.4) is 0 Å². The molecule has 22 heavy (non-hydrogen) atoms. The Morgan fingerprint density at radius 2 is 2.18 bits per heavy atom. The Morgan fingerprint density at radius 3 is 2.82 bits per heavy atom. The fourth-order valence-corrected chi connectivity index (χ4v) is 3.30. The van der Waals surface area contributed by atoms with E-state index in [2.05, 4.69) is 15.6 Å². The van der Waals surface area contributed by atoms with Gasteiger partial charge in [-0.1, -0.05) is 0 Å². The van der Waals surface area contributed by atoms with Crippen LogP contribution in [0.2, 0.25) is 0 Å². The van der Waals surface area contributed by atoms with Gasteiger partial charge in [-0.2, -0.15) is 4.98 Å². The maximum absolute atomic E-state index is 12.3. The van der Waals surface area contributed by atoms with Gasteiger partial charge in [0.15, 0.2) is 0 Å². The van der Waals surface area contributed by atoms with Gasteiger partial charge in [-0.3, -0.25) is 4.79 Å². The van der Waals surface area contributed by atoms with E-state index in [1.165, 1.54) is 18.9 Å². The van der Waals surface area contributed by atoms with Crippen molar-refractivity contribution in [2.75, 3.05) is 6.54 Å². The number of carbonyl (C=O) groups excluding carboxylic acids is 1. The number of benzene rings is 1. The first kappa shape index (κ1) is 13.3. The van der Waals surface area contributed by atoms with E-state index >= 15 is 0 Å². The summed E-state index contributed by atoms with van der Waals surface area (Å²) in [6, 6.07) is 7.63. The van der Waals surface area contributed by atoms with Gasteiger partial charge in [0, 0.05) is 17.6 Å². The molecule has 6 nitrogen and oxygen atoms in total. The predicted molar refractivity (Wildman–Crippen MR) is 78.8 cm³/mol. The highest BCUT2D eigenvalue weighted by Crippen LogP contribution is 2.31. The fraction of sp³-hybridized carbons (Fsp3) is 0.375. The number of nitrogens with one attached hydrogen (secondary N) is 2. The van der Waals surface area contributed by atoms with E-state index in [0.29, 0.717) is 23.3 Å². The fourth-order valence-electron chi connectivity index (χ4n) is 3.30. The van der Waals surface area contributed by atoms with Gasteiger partial charge in [-0.25, -0.2) is 0 Å². The summed E-state index contributed by atoms with van der Waals surface area (Å²) in [7, 11) is 0. The van der Waals surface area contributed by atoms with Crippen molar-refractivity contribution in [3.63, 3.8) is 0 Å². The number of oxazole rings is 1. The van der Waals surface area contributed by atoms with Crippen molar-refractivity contribution >= 4 is 5.91 Å². The summed E-state index contributed by atoms with van der Waals surface area (Å²) in [5.74, 6) is 1.26. The average Bonchev–Trinajstić information content (AvgIpc) is 3.25. The van der Waals surface area contributed by atoms with Gasteiger partial charge in [0.25, 0.3) is 5.91 Å². The molecule has 2 fully saturated rings. The van der Waals surface area contributed by atoms with Crippen LogP contribution in [0.15, 0.2) is 41.1 Å². The highest BCUT2D eigenvalue weighted by Gasteiger charge is 2.39. The molecule has 2 heterocycles. The molecule has 3 unspecified atom stereocenters. The van der Waals surface area contributed by atoms with Gasteiger partial charge in [0.2, 0.25) is 0 Å². The van der Waals surface area contributed by atoms with Crippen LogP contribution in [0.5, 0.6) is 11.8 Å². The molecular weight excluding hydrogens is 282 g/mol. The second-order valence-electron chi connectivity index (χ2n) is 5.86. The van der Waals surface area contributed by atoms with E-state index in [1.54, 1.807) is 24.3 Å². The number of hydrogen-bond acceptors (Lipinski definition) is 5. The third-order valence-electron chi connectivity index (χ3n) is 4.38. The zero-order valence-electron chi connectivity index (χ0n) is 12.0. The molecule has 1 saturated carbocycles. The van der Waals surface area contributed by atoms with Crippen molar-refractivity contribution in [3.8, 4) is 11.8 Å². The lowest BCUT2D eigenvalue weighted by molar-refractivity contribution is 0.0928. The van der Waals surface area contributed by atoms with Gasteiger partial charge < -0.3 is 19.8 Å². The standard InChI is InChI=1S/C16H17N3O3/c20-15(19-14-8-10-7-13(14)18-9-10)11-1-3-12(4-2-11)22-16-17-5-6-21-16/h1-6,10,13-14,18H,7-9H2,(H,19,20). The maximum atomic E-state index is 12.3. The van der Waals surface area contributed by atoms with Crippen molar-refractivity contribution < 1.29 is 13.9 Å². The van der Waals surface area contributed by atoms with E-state index < -0.39 is 0 Å². The third-order valence-corrected chi connectivity index (χ3v) is 4.38. The normalized spacial score (nSPS) is 26.1. The molecule has 2 aromatic rings. The Hall–Kier alpha value is -2.34. The van der Waals surface area contributed by atoms with Crippen LogP contribution < -0.4 is 15.4 Å². The molecule has 6 heteroatoms. The minimum atomic E-state index is -0.0398. The molecule has 2 bridgehead atoms. The third kappa shape index (κ3) is 2.57. The van der Waals surface area contributed by atoms with Crippen LogP contribution in [0.1, 0.15) is 23.2 Å².